The quantitative estimate of drug-likeness (QED) is 0.486. The van der Waals surface area contributed by atoms with Gasteiger partial charge in [-0.25, -0.2) is 14.4 Å². The molecule has 0 unspecified atom stereocenters. The first kappa shape index (κ1) is 15.4. The Morgan fingerprint density at radius 2 is 1.47 bits per heavy atom. The number of nitrogens with one attached hydrogen (secondary N) is 1. The Bertz CT molecular complexity index is 244. The number of carbonyl (C=O) groups is 3. The summed E-state index contributed by atoms with van der Waals surface area (Å²) in [6.07, 6.45) is 1.12. The first-order valence-corrected chi connectivity index (χ1v) is 3.95. The number of urea groups is 1. The number of hydrogen-bond donors (Lipinski definition) is 4. The molecule has 0 saturated heterocycles. The number of aliphatic carboxylic acids is 2. The van der Waals surface area contributed by atoms with Gasteiger partial charge in [0, 0.05) is 18.2 Å². The van der Waals surface area contributed by atoms with Gasteiger partial charge in [-0.05, 0) is 13.8 Å². The molecule has 0 bridgehead atoms. The normalized spacial score (nSPS) is 9.27. The van der Waals surface area contributed by atoms with E-state index in [0.717, 1.165) is 0 Å². The van der Waals surface area contributed by atoms with Crippen LogP contribution in [0.15, 0.2) is 12.2 Å². The molecule has 5 N–H and O–H groups in total. The van der Waals surface area contributed by atoms with Crippen LogP contribution in [-0.2, 0) is 9.59 Å². The monoisotopic (exact) mass is 218 g/mol. The number of rotatable bonds is 3. The molecule has 0 aliphatic carbocycles. The molecule has 0 rings (SSSR count). The molecule has 0 aliphatic heterocycles. The van der Waals surface area contributed by atoms with E-state index in [1.807, 2.05) is 13.8 Å². The highest BCUT2D eigenvalue weighted by Crippen LogP contribution is 1.71. The minimum absolute atomic E-state index is 0.150. The van der Waals surface area contributed by atoms with E-state index in [9.17, 15) is 14.4 Å². The van der Waals surface area contributed by atoms with Gasteiger partial charge in [-0.15, -0.1) is 0 Å². The summed E-state index contributed by atoms with van der Waals surface area (Å²) in [5.74, 6) is -2.51. The lowest BCUT2D eigenvalue weighted by molar-refractivity contribution is -0.134. The van der Waals surface area contributed by atoms with Gasteiger partial charge in [0.25, 0.3) is 0 Å². The Balaban J connectivity index is 0. The molecule has 15 heavy (non-hydrogen) atoms. The highest BCUT2D eigenvalue weighted by molar-refractivity contribution is 5.89. The summed E-state index contributed by atoms with van der Waals surface area (Å²) < 4.78 is 0. The van der Waals surface area contributed by atoms with Gasteiger partial charge < -0.3 is 21.3 Å². The van der Waals surface area contributed by atoms with Gasteiger partial charge in [0.1, 0.15) is 0 Å². The van der Waals surface area contributed by atoms with Crippen molar-refractivity contribution in [1.29, 1.82) is 0 Å². The number of carboxylic acids is 2. The highest BCUT2D eigenvalue weighted by Gasteiger charge is 1.91. The molecule has 86 valence electrons. The number of nitrogens with two attached hydrogens (primary N) is 1. The van der Waals surface area contributed by atoms with Crippen molar-refractivity contribution >= 4 is 18.0 Å². The molecule has 0 heterocycles. The number of carboxylic acid groups (broad SMARTS) is 2. The van der Waals surface area contributed by atoms with Gasteiger partial charge in [-0.2, -0.15) is 0 Å². The van der Waals surface area contributed by atoms with Crippen LogP contribution in [0.4, 0.5) is 4.79 Å². The third-order valence-electron chi connectivity index (χ3n) is 0.799. The Labute approximate surface area is 86.6 Å². The summed E-state index contributed by atoms with van der Waals surface area (Å²) in [5.41, 5.74) is 4.74. The van der Waals surface area contributed by atoms with Crippen LogP contribution in [-0.4, -0.2) is 34.2 Å². The number of carbonyl (C=O) groups excluding carboxylic acids is 1. The zero-order valence-electron chi connectivity index (χ0n) is 8.43. The van der Waals surface area contributed by atoms with Crippen LogP contribution in [0.2, 0.25) is 0 Å². The van der Waals surface area contributed by atoms with Gasteiger partial charge in [-0.1, -0.05) is 0 Å². The molecule has 0 radical (unpaired) electrons. The van der Waals surface area contributed by atoms with Crippen LogP contribution in [0.3, 0.4) is 0 Å². The average Bonchev–Trinajstić information content (AvgIpc) is 1.99. The summed E-state index contributed by atoms with van der Waals surface area (Å²) >= 11 is 0. The topological polar surface area (TPSA) is 130 Å². The molecule has 7 heteroatoms. The van der Waals surface area contributed by atoms with Crippen LogP contribution < -0.4 is 11.1 Å². The lowest BCUT2D eigenvalue weighted by Gasteiger charge is -2.01. The van der Waals surface area contributed by atoms with Crippen molar-refractivity contribution < 1.29 is 24.6 Å². The van der Waals surface area contributed by atoms with Crippen molar-refractivity contribution in [2.75, 3.05) is 0 Å². The van der Waals surface area contributed by atoms with Crippen LogP contribution in [0.5, 0.6) is 0 Å². The van der Waals surface area contributed by atoms with Crippen molar-refractivity contribution in [3.63, 3.8) is 0 Å². The van der Waals surface area contributed by atoms with E-state index in [0.29, 0.717) is 12.2 Å². The Morgan fingerprint density at radius 1 is 1.13 bits per heavy atom. The van der Waals surface area contributed by atoms with Gasteiger partial charge in [0.15, 0.2) is 0 Å². The Morgan fingerprint density at radius 3 is 1.53 bits per heavy atom. The third kappa shape index (κ3) is 24.5. The highest BCUT2D eigenvalue weighted by atomic mass is 16.4. The zero-order chi connectivity index (χ0) is 12.4. The molecular formula is C8H14N2O5. The molecule has 0 saturated carbocycles. The second-order valence-corrected chi connectivity index (χ2v) is 2.67. The molecule has 0 spiro atoms. The van der Waals surface area contributed by atoms with Crippen molar-refractivity contribution in [3.8, 4) is 0 Å². The van der Waals surface area contributed by atoms with Crippen molar-refractivity contribution in [1.82, 2.24) is 5.32 Å². The molecule has 0 aromatic rings. The summed E-state index contributed by atoms with van der Waals surface area (Å²) in [7, 11) is 0. The summed E-state index contributed by atoms with van der Waals surface area (Å²) in [5, 5.41) is 18.1. The number of hydrogen-bond acceptors (Lipinski definition) is 3. The van der Waals surface area contributed by atoms with Crippen molar-refractivity contribution in [3.05, 3.63) is 12.2 Å². The summed E-state index contributed by atoms with van der Waals surface area (Å²) in [6.45, 7) is 3.70. The van der Waals surface area contributed by atoms with Gasteiger partial charge in [0.2, 0.25) is 0 Å². The molecule has 0 aliphatic rings. The van der Waals surface area contributed by atoms with Crippen molar-refractivity contribution in [2.45, 2.75) is 19.9 Å². The van der Waals surface area contributed by atoms with E-state index in [1.54, 1.807) is 0 Å². The van der Waals surface area contributed by atoms with E-state index < -0.39 is 18.0 Å². The smallest absolute Gasteiger partial charge is 0.328 e. The first-order chi connectivity index (χ1) is 6.75. The Kier molecular flexibility index (Phi) is 8.79. The fourth-order valence-electron chi connectivity index (χ4n) is 0.427. The maximum atomic E-state index is 9.92. The maximum Gasteiger partial charge on any atom is 0.328 e. The third-order valence-corrected chi connectivity index (χ3v) is 0.799. The molecule has 0 aromatic heterocycles. The lowest BCUT2D eigenvalue weighted by Crippen LogP contribution is -2.34. The van der Waals surface area contributed by atoms with E-state index in [1.165, 1.54) is 0 Å². The minimum atomic E-state index is -1.26. The van der Waals surface area contributed by atoms with E-state index in [-0.39, 0.29) is 6.04 Å². The predicted molar refractivity (Wildman–Crippen MR) is 52.3 cm³/mol. The van der Waals surface area contributed by atoms with Gasteiger partial charge in [-0.3, -0.25) is 0 Å². The standard InChI is InChI=1S/C4H10N2O.C4H4O4/c1-3(2)6-4(5)7;5-3(6)1-2-4(7)8/h3H,1-2H3,(H3,5,6,7);1-2H,(H,5,6)(H,7,8). The molecule has 7 nitrogen and oxygen atoms in total. The van der Waals surface area contributed by atoms with Crippen LogP contribution >= 0.6 is 0 Å². The van der Waals surface area contributed by atoms with Crippen molar-refractivity contribution in [2.24, 2.45) is 5.73 Å². The second-order valence-electron chi connectivity index (χ2n) is 2.67. The lowest BCUT2D eigenvalue weighted by atomic mass is 10.4. The molecule has 0 fully saturated rings. The van der Waals surface area contributed by atoms with Crippen LogP contribution in [0, 0.1) is 0 Å². The van der Waals surface area contributed by atoms with Crippen LogP contribution in [0.1, 0.15) is 13.8 Å². The Hall–Kier alpha value is -2.05. The molecule has 0 aromatic carbocycles. The fraction of sp³-hybridized carbons (Fsp3) is 0.375. The average molecular weight is 218 g/mol. The molecule has 2 amide bonds. The van der Waals surface area contributed by atoms with Gasteiger partial charge in [0.05, 0.1) is 0 Å². The largest absolute Gasteiger partial charge is 0.478 e. The minimum Gasteiger partial charge on any atom is -0.478 e. The van der Waals surface area contributed by atoms with Crippen LogP contribution in [0.25, 0.3) is 0 Å². The second kappa shape index (κ2) is 8.54. The van der Waals surface area contributed by atoms with E-state index in [2.05, 4.69) is 5.32 Å². The van der Waals surface area contributed by atoms with E-state index >= 15 is 0 Å². The fourth-order valence-corrected chi connectivity index (χ4v) is 0.427. The number of amides is 2. The SMILES string of the molecule is CC(C)NC(N)=O.O=C(O)C=CC(=O)O. The predicted octanol–water partition coefficient (Wildman–Crippen LogP) is -0.225. The first-order valence-electron chi connectivity index (χ1n) is 3.95. The molecular weight excluding hydrogens is 204 g/mol. The maximum absolute atomic E-state index is 9.92. The summed E-state index contributed by atoms with van der Waals surface area (Å²) in [6, 6.07) is -0.312. The zero-order valence-corrected chi connectivity index (χ0v) is 8.43. The summed E-state index contributed by atoms with van der Waals surface area (Å²) in [4.78, 5) is 29.0. The molecule has 0 atom stereocenters. The van der Waals surface area contributed by atoms with E-state index in [4.69, 9.17) is 15.9 Å². The van der Waals surface area contributed by atoms with Gasteiger partial charge >= 0.3 is 18.0 Å². The number of primary amides is 1.